The minimum Gasteiger partial charge on any atom is -0.338 e. The maximum absolute atomic E-state index is 4.76. The van der Waals surface area contributed by atoms with Crippen molar-refractivity contribution in [3.8, 4) is 22.8 Å². The summed E-state index contributed by atoms with van der Waals surface area (Å²) in [5.41, 5.74) is 5.86. The fraction of sp³-hybridized carbons (Fsp3) is 0. The van der Waals surface area contributed by atoms with Gasteiger partial charge in [0.05, 0.1) is 22.6 Å². The summed E-state index contributed by atoms with van der Waals surface area (Å²) in [6, 6.07) is 15.7. The van der Waals surface area contributed by atoms with Crippen LogP contribution in [-0.4, -0.2) is 30.1 Å². The van der Waals surface area contributed by atoms with Crippen molar-refractivity contribution in [1.82, 2.24) is 30.1 Å². The van der Waals surface area contributed by atoms with E-state index in [0.29, 0.717) is 0 Å². The predicted octanol–water partition coefficient (Wildman–Crippen LogP) is 3.56. The lowest BCUT2D eigenvalue weighted by atomic mass is 10.2. The van der Waals surface area contributed by atoms with Crippen molar-refractivity contribution in [2.24, 2.45) is 0 Å². The van der Waals surface area contributed by atoms with Crippen LogP contribution in [0.3, 0.4) is 0 Å². The van der Waals surface area contributed by atoms with Gasteiger partial charge in [0, 0.05) is 17.8 Å². The van der Waals surface area contributed by atoms with E-state index in [2.05, 4.69) is 25.1 Å². The smallest absolute Gasteiger partial charge is 0.137 e. The van der Waals surface area contributed by atoms with Gasteiger partial charge >= 0.3 is 0 Å². The number of nitrogens with zero attached hydrogens (tertiary/aromatic N) is 4. The Morgan fingerprint density at radius 3 is 2.67 bits per heavy atom. The lowest BCUT2D eigenvalue weighted by Gasteiger charge is -2.00. The number of rotatable bonds is 2. The topological polar surface area (TPSA) is 83.1 Å². The van der Waals surface area contributed by atoms with E-state index >= 15 is 0 Å². The number of aromatic nitrogens is 6. The van der Waals surface area contributed by atoms with Gasteiger partial charge in [0.25, 0.3) is 0 Å². The van der Waals surface area contributed by atoms with Crippen molar-refractivity contribution in [2.75, 3.05) is 0 Å². The number of pyridine rings is 3. The molecule has 5 heterocycles. The summed E-state index contributed by atoms with van der Waals surface area (Å²) in [5, 5.41) is 8.51. The van der Waals surface area contributed by atoms with E-state index in [1.165, 1.54) is 0 Å². The molecule has 0 aromatic carbocycles. The van der Waals surface area contributed by atoms with Crippen LogP contribution in [0.15, 0.2) is 60.9 Å². The minimum atomic E-state index is 0.779. The number of aromatic amines is 2. The Morgan fingerprint density at radius 2 is 1.79 bits per heavy atom. The highest BCUT2D eigenvalue weighted by Gasteiger charge is 2.13. The molecule has 5 aromatic heterocycles. The maximum atomic E-state index is 4.76. The van der Waals surface area contributed by atoms with Crippen molar-refractivity contribution in [2.45, 2.75) is 0 Å². The number of H-pyrrole nitrogens is 2. The Morgan fingerprint density at radius 1 is 0.833 bits per heavy atom. The van der Waals surface area contributed by atoms with Crippen molar-refractivity contribution in [3.63, 3.8) is 0 Å². The summed E-state index contributed by atoms with van der Waals surface area (Å²) in [6.07, 6.45) is 3.53. The zero-order chi connectivity index (χ0) is 15.9. The molecule has 0 fully saturated rings. The molecule has 5 rings (SSSR count). The fourth-order valence-electron chi connectivity index (χ4n) is 2.83. The van der Waals surface area contributed by atoms with Crippen LogP contribution in [0.4, 0.5) is 0 Å². The largest absolute Gasteiger partial charge is 0.338 e. The number of nitrogens with one attached hydrogen (secondary N) is 2. The lowest BCUT2D eigenvalue weighted by Crippen LogP contribution is -1.88. The van der Waals surface area contributed by atoms with Gasteiger partial charge in [-0.25, -0.2) is 9.97 Å². The molecule has 0 radical (unpaired) electrons. The van der Waals surface area contributed by atoms with Gasteiger partial charge in [-0.05, 0) is 42.5 Å². The third-order valence-corrected chi connectivity index (χ3v) is 3.98. The van der Waals surface area contributed by atoms with Gasteiger partial charge in [-0.1, -0.05) is 6.07 Å². The number of hydrogen-bond acceptors (Lipinski definition) is 4. The van der Waals surface area contributed by atoms with Crippen LogP contribution in [0.1, 0.15) is 0 Å². The predicted molar refractivity (Wildman–Crippen MR) is 92.2 cm³/mol. The summed E-state index contributed by atoms with van der Waals surface area (Å²) >= 11 is 0. The molecule has 2 N–H and O–H groups in total. The van der Waals surface area contributed by atoms with Gasteiger partial charge in [0.15, 0.2) is 0 Å². The minimum absolute atomic E-state index is 0.779. The van der Waals surface area contributed by atoms with Crippen molar-refractivity contribution in [3.05, 3.63) is 60.9 Å². The van der Waals surface area contributed by atoms with Gasteiger partial charge in [-0.3, -0.25) is 10.1 Å². The molecule has 0 aliphatic carbocycles. The monoisotopic (exact) mass is 312 g/mol. The summed E-state index contributed by atoms with van der Waals surface area (Å²) in [5.74, 6) is 0. The van der Waals surface area contributed by atoms with E-state index in [1.54, 1.807) is 12.4 Å². The molecule has 0 unspecified atom stereocenters. The second kappa shape index (κ2) is 4.99. The van der Waals surface area contributed by atoms with E-state index in [4.69, 9.17) is 4.98 Å². The second-order valence-electron chi connectivity index (χ2n) is 5.50. The number of hydrogen-bond donors (Lipinski definition) is 2. The first-order chi connectivity index (χ1) is 11.9. The standard InChI is InChI=1S/C18H12N6/c1-2-8-19-12(5-1)13-6-7-14-16(21-13)17(24-23-14)15-10-11-4-3-9-20-18(11)22-15/h1-10H,(H,20,22)(H,23,24). The van der Waals surface area contributed by atoms with Crippen LogP contribution in [-0.2, 0) is 0 Å². The van der Waals surface area contributed by atoms with Crippen LogP contribution in [0.2, 0.25) is 0 Å². The molecule has 5 aromatic rings. The molecule has 0 atom stereocenters. The molecule has 114 valence electrons. The molecular formula is C18H12N6. The first-order valence-corrected chi connectivity index (χ1v) is 7.59. The van der Waals surface area contributed by atoms with Gasteiger partial charge in [0.2, 0.25) is 0 Å². The average Bonchev–Trinajstić information content (AvgIpc) is 3.25. The highest BCUT2D eigenvalue weighted by molar-refractivity contribution is 5.93. The van der Waals surface area contributed by atoms with Crippen LogP contribution in [0.5, 0.6) is 0 Å². The van der Waals surface area contributed by atoms with Crippen molar-refractivity contribution in [1.29, 1.82) is 0 Å². The first kappa shape index (κ1) is 13.0. The first-order valence-electron chi connectivity index (χ1n) is 7.59. The molecule has 6 nitrogen and oxygen atoms in total. The highest BCUT2D eigenvalue weighted by atomic mass is 15.1. The molecule has 0 amide bonds. The molecule has 0 aliphatic rings. The Hall–Kier alpha value is -3.54. The molecule has 0 aliphatic heterocycles. The van der Waals surface area contributed by atoms with E-state index in [0.717, 1.165) is 44.8 Å². The van der Waals surface area contributed by atoms with Crippen molar-refractivity contribution >= 4 is 22.1 Å². The fourth-order valence-corrected chi connectivity index (χ4v) is 2.83. The third kappa shape index (κ3) is 1.97. The molecule has 6 heteroatoms. The van der Waals surface area contributed by atoms with E-state index in [1.807, 2.05) is 48.5 Å². The van der Waals surface area contributed by atoms with Crippen LogP contribution in [0.25, 0.3) is 44.8 Å². The summed E-state index contributed by atoms with van der Waals surface area (Å²) in [6.45, 7) is 0. The number of fused-ring (bicyclic) bond motifs is 2. The Kier molecular flexibility index (Phi) is 2.69. The Bertz CT molecular complexity index is 1120. The second-order valence-corrected chi connectivity index (χ2v) is 5.50. The maximum Gasteiger partial charge on any atom is 0.137 e. The van der Waals surface area contributed by atoms with Gasteiger partial charge in [0.1, 0.15) is 16.9 Å². The van der Waals surface area contributed by atoms with E-state index < -0.39 is 0 Å². The lowest BCUT2D eigenvalue weighted by molar-refractivity contribution is 1.12. The average molecular weight is 312 g/mol. The summed E-state index contributed by atoms with van der Waals surface area (Å²) in [7, 11) is 0. The van der Waals surface area contributed by atoms with E-state index in [-0.39, 0.29) is 0 Å². The summed E-state index contributed by atoms with van der Waals surface area (Å²) < 4.78 is 0. The van der Waals surface area contributed by atoms with Crippen LogP contribution in [0, 0.1) is 0 Å². The molecule has 0 bridgehead atoms. The normalized spacial score (nSPS) is 11.3. The van der Waals surface area contributed by atoms with Gasteiger partial charge in [-0.2, -0.15) is 5.10 Å². The zero-order valence-corrected chi connectivity index (χ0v) is 12.6. The zero-order valence-electron chi connectivity index (χ0n) is 12.6. The Balaban J connectivity index is 1.71. The van der Waals surface area contributed by atoms with Crippen molar-refractivity contribution < 1.29 is 0 Å². The molecule has 0 saturated carbocycles. The Labute approximate surface area is 136 Å². The SMILES string of the molecule is c1ccc(-c2ccc3[nH]nc(-c4cc5cccnc5[nH]4)c3n2)nc1. The molecule has 0 spiro atoms. The van der Waals surface area contributed by atoms with Crippen LogP contribution >= 0.6 is 0 Å². The summed E-state index contributed by atoms with van der Waals surface area (Å²) in [4.78, 5) is 16.8. The van der Waals surface area contributed by atoms with Gasteiger partial charge < -0.3 is 4.98 Å². The third-order valence-electron chi connectivity index (χ3n) is 3.98. The molecule has 0 saturated heterocycles. The van der Waals surface area contributed by atoms with Gasteiger partial charge in [-0.15, -0.1) is 0 Å². The van der Waals surface area contributed by atoms with Crippen LogP contribution < -0.4 is 0 Å². The van der Waals surface area contributed by atoms with E-state index in [9.17, 15) is 0 Å². The molecule has 24 heavy (non-hydrogen) atoms. The molecular weight excluding hydrogens is 300 g/mol. The quantitative estimate of drug-likeness (QED) is 0.522. The highest BCUT2D eigenvalue weighted by Crippen LogP contribution is 2.28.